The third-order valence-electron chi connectivity index (χ3n) is 2.52. The minimum Gasteiger partial charge on any atom is -0.395 e. The van der Waals surface area contributed by atoms with Gasteiger partial charge in [-0.25, -0.2) is 9.67 Å². The van der Waals surface area contributed by atoms with Crippen molar-refractivity contribution in [1.82, 2.24) is 20.1 Å². The van der Waals surface area contributed by atoms with Gasteiger partial charge in [-0.05, 0) is 12.8 Å². The van der Waals surface area contributed by atoms with Crippen molar-refractivity contribution >= 4 is 0 Å². The maximum absolute atomic E-state index is 9.15. The Hall–Kier alpha value is -0.940. The van der Waals surface area contributed by atoms with Gasteiger partial charge >= 0.3 is 0 Å². The Morgan fingerprint density at radius 3 is 2.80 bits per heavy atom. The lowest BCUT2D eigenvalue weighted by Gasteiger charge is -2.19. The third kappa shape index (κ3) is 3.28. The summed E-state index contributed by atoms with van der Waals surface area (Å²) in [7, 11) is 0. The van der Waals surface area contributed by atoms with Gasteiger partial charge in [-0.1, -0.05) is 13.8 Å². The summed E-state index contributed by atoms with van der Waals surface area (Å²) in [4.78, 5) is 4.16. The molecule has 5 heteroatoms. The van der Waals surface area contributed by atoms with E-state index in [4.69, 9.17) is 5.11 Å². The Morgan fingerprint density at radius 1 is 1.53 bits per heavy atom. The fourth-order valence-corrected chi connectivity index (χ4v) is 1.42. The average Bonchev–Trinajstić information content (AvgIpc) is 2.65. The third-order valence-corrected chi connectivity index (χ3v) is 2.52. The zero-order chi connectivity index (χ0) is 11.3. The van der Waals surface area contributed by atoms with Gasteiger partial charge in [-0.15, -0.1) is 0 Å². The van der Waals surface area contributed by atoms with Gasteiger partial charge in [0.25, 0.3) is 0 Å². The smallest absolute Gasteiger partial charge is 0.140 e. The van der Waals surface area contributed by atoms with E-state index in [-0.39, 0.29) is 12.6 Å². The van der Waals surface area contributed by atoms with Gasteiger partial charge in [-0.3, -0.25) is 0 Å². The van der Waals surface area contributed by atoms with E-state index in [1.807, 2.05) is 11.6 Å². The second-order valence-electron chi connectivity index (χ2n) is 3.91. The van der Waals surface area contributed by atoms with Crippen LogP contribution >= 0.6 is 0 Å². The molecule has 1 aromatic rings. The summed E-state index contributed by atoms with van der Waals surface area (Å²) in [6.07, 6.45) is 1.56. The summed E-state index contributed by atoms with van der Waals surface area (Å²) in [6, 6.07) is 0.118. The highest BCUT2D eigenvalue weighted by atomic mass is 16.3. The highest BCUT2D eigenvalue weighted by Gasteiger charge is 2.12. The minimum absolute atomic E-state index is 0.118. The van der Waals surface area contributed by atoms with E-state index < -0.39 is 0 Å². The van der Waals surface area contributed by atoms with Crippen molar-refractivity contribution in [3.05, 3.63) is 12.2 Å². The number of aromatic nitrogens is 3. The highest BCUT2D eigenvalue weighted by molar-refractivity contribution is 4.85. The van der Waals surface area contributed by atoms with E-state index in [1.54, 1.807) is 6.33 Å². The second-order valence-corrected chi connectivity index (χ2v) is 3.91. The number of aryl methyl sites for hydroxylation is 1. The average molecular weight is 212 g/mol. The molecule has 1 heterocycles. The van der Waals surface area contributed by atoms with Crippen LogP contribution in [0.2, 0.25) is 0 Å². The maximum atomic E-state index is 9.15. The second kappa shape index (κ2) is 5.82. The lowest BCUT2D eigenvalue weighted by Crippen LogP contribution is -2.37. The molecule has 0 aromatic carbocycles. The molecule has 1 aromatic heterocycles. The summed E-state index contributed by atoms with van der Waals surface area (Å²) in [5.41, 5.74) is 0. The van der Waals surface area contributed by atoms with Gasteiger partial charge in [-0.2, -0.15) is 5.10 Å². The van der Waals surface area contributed by atoms with E-state index in [9.17, 15) is 0 Å². The van der Waals surface area contributed by atoms with Crippen LogP contribution in [0.25, 0.3) is 0 Å². The molecule has 0 fully saturated rings. The fraction of sp³-hybridized carbons (Fsp3) is 0.800. The van der Waals surface area contributed by atoms with Crippen LogP contribution in [0.5, 0.6) is 0 Å². The number of nitrogens with zero attached hydrogens (tertiary/aromatic N) is 3. The lowest BCUT2D eigenvalue weighted by molar-refractivity contribution is 0.208. The summed E-state index contributed by atoms with van der Waals surface area (Å²) < 4.78 is 1.85. The number of rotatable bonds is 6. The van der Waals surface area contributed by atoms with Crippen LogP contribution in [0.3, 0.4) is 0 Å². The van der Waals surface area contributed by atoms with Gasteiger partial charge in [0.05, 0.1) is 13.2 Å². The molecule has 0 unspecified atom stereocenters. The zero-order valence-electron chi connectivity index (χ0n) is 9.64. The number of hydrogen-bond acceptors (Lipinski definition) is 4. The molecule has 0 spiro atoms. The Morgan fingerprint density at radius 2 is 2.27 bits per heavy atom. The topological polar surface area (TPSA) is 63.0 Å². The first-order chi connectivity index (χ1) is 7.19. The Labute approximate surface area is 90.5 Å². The van der Waals surface area contributed by atoms with Gasteiger partial charge in [0, 0.05) is 12.6 Å². The summed E-state index contributed by atoms with van der Waals surface area (Å²) in [5, 5.41) is 16.5. The molecule has 0 aliphatic heterocycles. The number of aliphatic hydroxyl groups excluding tert-OH is 1. The van der Waals surface area contributed by atoms with Crippen molar-refractivity contribution in [1.29, 1.82) is 0 Å². The first-order valence-electron chi connectivity index (χ1n) is 5.40. The first-order valence-corrected chi connectivity index (χ1v) is 5.40. The number of aliphatic hydroxyl groups is 1. The Bertz CT molecular complexity index is 285. The Balaban J connectivity index is 2.48. The molecule has 0 saturated heterocycles. The lowest BCUT2D eigenvalue weighted by atomic mass is 10.1. The first kappa shape index (κ1) is 12.1. The van der Waals surface area contributed by atoms with E-state index in [0.717, 1.165) is 12.4 Å². The normalized spacial score (nSPS) is 13.4. The van der Waals surface area contributed by atoms with Crippen molar-refractivity contribution in [2.45, 2.75) is 39.9 Å². The zero-order valence-corrected chi connectivity index (χ0v) is 9.64. The van der Waals surface area contributed by atoms with Crippen LogP contribution in [0.4, 0.5) is 0 Å². The van der Waals surface area contributed by atoms with Crippen molar-refractivity contribution in [2.75, 3.05) is 6.61 Å². The van der Waals surface area contributed by atoms with Gasteiger partial charge in [0.2, 0.25) is 0 Å². The quantitative estimate of drug-likeness (QED) is 0.716. The number of hydrogen-bond donors (Lipinski definition) is 2. The molecule has 1 rings (SSSR count). The predicted octanol–water partition coefficient (Wildman–Crippen LogP) is 0.404. The molecule has 1 atom stereocenters. The molecule has 5 nitrogen and oxygen atoms in total. The fourth-order valence-electron chi connectivity index (χ4n) is 1.42. The van der Waals surface area contributed by atoms with Crippen LogP contribution in [0.1, 0.15) is 26.6 Å². The highest BCUT2D eigenvalue weighted by Crippen LogP contribution is 2.02. The van der Waals surface area contributed by atoms with E-state index in [2.05, 4.69) is 29.2 Å². The van der Waals surface area contributed by atoms with Crippen molar-refractivity contribution in [3.63, 3.8) is 0 Å². The van der Waals surface area contributed by atoms with Crippen LogP contribution in [0.15, 0.2) is 6.33 Å². The standard InChI is InChI=1S/C10H20N4O/c1-4-14-10(12-7-13-14)5-11-9(6-15)8(2)3/h7-9,11,15H,4-6H2,1-3H3/t9-/m1/s1. The monoisotopic (exact) mass is 212 g/mol. The molecule has 0 saturated carbocycles. The summed E-state index contributed by atoms with van der Waals surface area (Å²) in [6.45, 7) is 7.82. The summed E-state index contributed by atoms with van der Waals surface area (Å²) in [5.74, 6) is 1.32. The Kier molecular flexibility index (Phi) is 4.71. The van der Waals surface area contributed by atoms with E-state index >= 15 is 0 Å². The predicted molar refractivity (Wildman–Crippen MR) is 58.2 cm³/mol. The molecule has 86 valence electrons. The van der Waals surface area contributed by atoms with Crippen LogP contribution < -0.4 is 5.32 Å². The van der Waals surface area contributed by atoms with Crippen molar-refractivity contribution < 1.29 is 5.11 Å². The van der Waals surface area contributed by atoms with Crippen LogP contribution in [-0.2, 0) is 13.1 Å². The molecular weight excluding hydrogens is 192 g/mol. The van der Waals surface area contributed by atoms with E-state index in [1.165, 1.54) is 0 Å². The number of nitrogens with one attached hydrogen (secondary N) is 1. The molecule has 0 bridgehead atoms. The molecule has 0 radical (unpaired) electrons. The largest absolute Gasteiger partial charge is 0.395 e. The molecule has 0 aliphatic carbocycles. The van der Waals surface area contributed by atoms with Gasteiger partial charge in [0.15, 0.2) is 0 Å². The molecule has 0 aliphatic rings. The SMILES string of the molecule is CCn1ncnc1CN[C@H](CO)C(C)C. The maximum Gasteiger partial charge on any atom is 0.140 e. The molecular formula is C10H20N4O. The van der Waals surface area contributed by atoms with Gasteiger partial charge in [0.1, 0.15) is 12.2 Å². The summed E-state index contributed by atoms with van der Waals surface area (Å²) >= 11 is 0. The van der Waals surface area contributed by atoms with Crippen molar-refractivity contribution in [3.8, 4) is 0 Å². The van der Waals surface area contributed by atoms with E-state index in [0.29, 0.717) is 12.5 Å². The molecule has 15 heavy (non-hydrogen) atoms. The van der Waals surface area contributed by atoms with Crippen LogP contribution in [0, 0.1) is 5.92 Å². The minimum atomic E-state index is 0.118. The molecule has 2 N–H and O–H groups in total. The van der Waals surface area contributed by atoms with Gasteiger partial charge < -0.3 is 10.4 Å². The van der Waals surface area contributed by atoms with Crippen LogP contribution in [-0.4, -0.2) is 32.5 Å². The molecule has 0 amide bonds. The van der Waals surface area contributed by atoms with Crippen molar-refractivity contribution in [2.24, 2.45) is 5.92 Å².